The molecule has 3 rings (SSSR count). The largest absolute Gasteiger partial charge is 0.444 e. The van der Waals surface area contributed by atoms with E-state index in [2.05, 4.69) is 0 Å². The van der Waals surface area contributed by atoms with Gasteiger partial charge in [0.25, 0.3) is 0 Å². The predicted molar refractivity (Wildman–Crippen MR) is 97.4 cm³/mol. The zero-order valence-corrected chi connectivity index (χ0v) is 15.6. The molecule has 2 fully saturated rings. The molecule has 3 atom stereocenters. The second-order valence-corrected chi connectivity index (χ2v) is 8.17. The summed E-state index contributed by atoms with van der Waals surface area (Å²) in [4.78, 5) is 29.3. The monoisotopic (exact) mass is 344 g/mol. The number of likely N-dealkylation sites (tertiary alicyclic amines) is 1. The Morgan fingerprint density at radius 3 is 2.48 bits per heavy atom. The van der Waals surface area contributed by atoms with Crippen LogP contribution in [0.25, 0.3) is 0 Å². The first-order valence-corrected chi connectivity index (χ1v) is 9.10. The van der Waals surface area contributed by atoms with Gasteiger partial charge in [-0.15, -0.1) is 0 Å². The number of rotatable bonds is 2. The summed E-state index contributed by atoms with van der Waals surface area (Å²) >= 11 is 0. The molecule has 2 aliphatic rings. The van der Waals surface area contributed by atoms with Gasteiger partial charge >= 0.3 is 6.09 Å². The van der Waals surface area contributed by atoms with Crippen LogP contribution in [0.3, 0.4) is 0 Å². The Kier molecular flexibility index (Phi) is 4.76. The standard InChI is InChI=1S/C20H28N2O3/c1-20(2,3)25-19(24)22-13-14-9-8-12-16(14)17(22)18(23)21(4)15-10-6-5-7-11-15/h5-7,10-11,14,16-17H,8-9,12-13H2,1-4H3. The summed E-state index contributed by atoms with van der Waals surface area (Å²) in [5.74, 6) is 0.628. The molecule has 0 N–H and O–H groups in total. The molecule has 5 heteroatoms. The Bertz CT molecular complexity index is 638. The van der Waals surface area contributed by atoms with Gasteiger partial charge < -0.3 is 9.64 Å². The van der Waals surface area contributed by atoms with E-state index in [0.717, 1.165) is 24.9 Å². The molecule has 0 aromatic heterocycles. The van der Waals surface area contributed by atoms with Crippen LogP contribution >= 0.6 is 0 Å². The van der Waals surface area contributed by atoms with E-state index in [1.54, 1.807) is 16.8 Å². The molecule has 3 unspecified atom stereocenters. The van der Waals surface area contributed by atoms with Gasteiger partial charge in [0, 0.05) is 19.3 Å². The van der Waals surface area contributed by atoms with Crippen LogP contribution in [0.5, 0.6) is 0 Å². The number of carbonyl (C=O) groups is 2. The van der Waals surface area contributed by atoms with Gasteiger partial charge in [-0.3, -0.25) is 9.69 Å². The molecule has 1 aliphatic heterocycles. The lowest BCUT2D eigenvalue weighted by atomic mass is 9.93. The number of carbonyl (C=O) groups excluding carboxylic acids is 2. The highest BCUT2D eigenvalue weighted by atomic mass is 16.6. The van der Waals surface area contributed by atoms with E-state index in [4.69, 9.17) is 4.74 Å². The first-order valence-electron chi connectivity index (χ1n) is 9.10. The average Bonchev–Trinajstić information content (AvgIpc) is 3.13. The van der Waals surface area contributed by atoms with Crippen molar-refractivity contribution >= 4 is 17.7 Å². The number of para-hydroxylation sites is 1. The summed E-state index contributed by atoms with van der Waals surface area (Å²) in [5, 5.41) is 0. The van der Waals surface area contributed by atoms with Crippen LogP contribution in [-0.4, -0.2) is 42.1 Å². The van der Waals surface area contributed by atoms with Crippen molar-refractivity contribution in [3.8, 4) is 0 Å². The third-order valence-electron chi connectivity index (χ3n) is 5.25. The van der Waals surface area contributed by atoms with Gasteiger partial charge in [-0.25, -0.2) is 4.79 Å². The van der Waals surface area contributed by atoms with E-state index in [-0.39, 0.29) is 17.9 Å². The first-order chi connectivity index (χ1) is 11.8. The quantitative estimate of drug-likeness (QED) is 0.822. The van der Waals surface area contributed by atoms with E-state index in [0.29, 0.717) is 12.5 Å². The normalized spacial score (nSPS) is 25.6. The second kappa shape index (κ2) is 6.70. The number of hydrogen-bond donors (Lipinski definition) is 0. The van der Waals surface area contributed by atoms with Crippen molar-refractivity contribution in [3.63, 3.8) is 0 Å². The van der Waals surface area contributed by atoms with Gasteiger partial charge in [0.05, 0.1) is 0 Å². The molecular weight excluding hydrogens is 316 g/mol. The molecule has 1 saturated carbocycles. The third-order valence-corrected chi connectivity index (χ3v) is 5.25. The van der Waals surface area contributed by atoms with E-state index < -0.39 is 11.6 Å². The minimum Gasteiger partial charge on any atom is -0.444 e. The number of anilines is 1. The average molecular weight is 344 g/mol. The SMILES string of the molecule is CN(C(=O)C1C2CCCC2CN1C(=O)OC(C)(C)C)c1ccccc1. The van der Waals surface area contributed by atoms with Gasteiger partial charge in [-0.1, -0.05) is 24.6 Å². The fourth-order valence-electron chi connectivity index (χ4n) is 4.11. The van der Waals surface area contributed by atoms with Crippen molar-refractivity contribution in [3.05, 3.63) is 30.3 Å². The summed E-state index contributed by atoms with van der Waals surface area (Å²) in [6.45, 7) is 6.19. The van der Waals surface area contributed by atoms with Crippen molar-refractivity contribution in [2.75, 3.05) is 18.5 Å². The number of amides is 2. The van der Waals surface area contributed by atoms with Crippen LogP contribution in [-0.2, 0) is 9.53 Å². The van der Waals surface area contributed by atoms with Crippen LogP contribution < -0.4 is 4.90 Å². The summed E-state index contributed by atoms with van der Waals surface area (Å²) in [6.07, 6.45) is 2.85. The fraction of sp³-hybridized carbons (Fsp3) is 0.600. The van der Waals surface area contributed by atoms with Crippen molar-refractivity contribution in [1.29, 1.82) is 0 Å². The molecule has 0 radical (unpaired) electrons. The van der Waals surface area contributed by atoms with Gasteiger partial charge in [0.2, 0.25) is 5.91 Å². The van der Waals surface area contributed by atoms with E-state index >= 15 is 0 Å². The number of ether oxygens (including phenoxy) is 1. The number of likely N-dealkylation sites (N-methyl/N-ethyl adjacent to an activating group) is 1. The van der Waals surface area contributed by atoms with E-state index in [1.807, 2.05) is 51.1 Å². The molecule has 1 aliphatic carbocycles. The molecular formula is C20H28N2O3. The smallest absolute Gasteiger partial charge is 0.410 e. The van der Waals surface area contributed by atoms with Crippen molar-refractivity contribution < 1.29 is 14.3 Å². The maximum absolute atomic E-state index is 13.2. The summed E-state index contributed by atoms with van der Waals surface area (Å²) in [6, 6.07) is 9.16. The summed E-state index contributed by atoms with van der Waals surface area (Å²) < 4.78 is 5.57. The minimum atomic E-state index is -0.562. The predicted octanol–water partition coefficient (Wildman–Crippen LogP) is 3.69. The van der Waals surface area contributed by atoms with E-state index in [9.17, 15) is 9.59 Å². The summed E-state index contributed by atoms with van der Waals surface area (Å²) in [7, 11) is 1.78. The molecule has 0 spiro atoms. The van der Waals surface area contributed by atoms with Crippen molar-refractivity contribution in [2.24, 2.45) is 11.8 Å². The number of fused-ring (bicyclic) bond motifs is 1. The Hall–Kier alpha value is -2.04. The van der Waals surface area contributed by atoms with Gasteiger partial charge in [0.1, 0.15) is 11.6 Å². The Balaban J connectivity index is 1.84. The molecule has 2 amide bonds. The molecule has 5 nitrogen and oxygen atoms in total. The Morgan fingerprint density at radius 1 is 1.16 bits per heavy atom. The highest BCUT2D eigenvalue weighted by Crippen LogP contribution is 2.43. The lowest BCUT2D eigenvalue weighted by Crippen LogP contribution is -2.50. The number of hydrogen-bond acceptors (Lipinski definition) is 3. The maximum atomic E-state index is 13.2. The van der Waals surface area contributed by atoms with Gasteiger partial charge in [-0.2, -0.15) is 0 Å². The molecule has 1 heterocycles. The molecule has 25 heavy (non-hydrogen) atoms. The topological polar surface area (TPSA) is 49.9 Å². The molecule has 1 saturated heterocycles. The lowest BCUT2D eigenvalue weighted by molar-refractivity contribution is -0.123. The Morgan fingerprint density at radius 2 is 1.84 bits per heavy atom. The van der Waals surface area contributed by atoms with Crippen LogP contribution in [0.1, 0.15) is 40.0 Å². The van der Waals surface area contributed by atoms with Crippen molar-refractivity contribution in [2.45, 2.75) is 51.7 Å². The lowest BCUT2D eigenvalue weighted by Gasteiger charge is -2.32. The maximum Gasteiger partial charge on any atom is 0.410 e. The van der Waals surface area contributed by atoms with Crippen molar-refractivity contribution in [1.82, 2.24) is 4.90 Å². The summed E-state index contributed by atoms with van der Waals surface area (Å²) in [5.41, 5.74) is 0.284. The van der Waals surface area contributed by atoms with Gasteiger partial charge in [-0.05, 0) is 57.6 Å². The number of benzene rings is 1. The Labute approximate surface area is 149 Å². The zero-order chi connectivity index (χ0) is 18.2. The fourth-order valence-corrected chi connectivity index (χ4v) is 4.11. The number of nitrogens with zero attached hydrogens (tertiary/aromatic N) is 2. The van der Waals surface area contributed by atoms with Gasteiger partial charge in [0.15, 0.2) is 0 Å². The highest BCUT2D eigenvalue weighted by molar-refractivity contribution is 5.98. The van der Waals surface area contributed by atoms with Crippen LogP contribution in [0.4, 0.5) is 10.5 Å². The van der Waals surface area contributed by atoms with Crippen LogP contribution in [0.2, 0.25) is 0 Å². The third kappa shape index (κ3) is 3.65. The minimum absolute atomic E-state index is 0.0218. The molecule has 0 bridgehead atoms. The van der Waals surface area contributed by atoms with Crippen LogP contribution in [0, 0.1) is 11.8 Å². The molecule has 136 valence electrons. The second-order valence-electron chi connectivity index (χ2n) is 8.17. The highest BCUT2D eigenvalue weighted by Gasteiger charge is 2.51. The zero-order valence-electron chi connectivity index (χ0n) is 15.6. The van der Waals surface area contributed by atoms with E-state index in [1.165, 1.54) is 0 Å². The van der Waals surface area contributed by atoms with Crippen LogP contribution in [0.15, 0.2) is 30.3 Å². The molecule has 1 aromatic rings. The molecule has 1 aromatic carbocycles. The first kappa shape index (κ1) is 17.8.